The molecule has 1 amide bonds. The van der Waals surface area contributed by atoms with E-state index in [1.165, 1.54) is 23.7 Å². The Hall–Kier alpha value is -1.83. The molecule has 1 aromatic carbocycles. The molecule has 0 saturated carbocycles. The second-order valence-corrected chi connectivity index (χ2v) is 5.67. The molecule has 4 nitrogen and oxygen atoms in total. The summed E-state index contributed by atoms with van der Waals surface area (Å²) in [6.45, 7) is 3.07. The number of nitrogens with zero attached hydrogens (tertiary/aromatic N) is 2. The van der Waals surface area contributed by atoms with Crippen molar-refractivity contribution in [1.29, 1.82) is 0 Å². The number of rotatable bonds is 3. The highest BCUT2D eigenvalue weighted by Crippen LogP contribution is 2.33. The molecule has 0 unspecified atom stereocenters. The number of carbonyl (C=O) groups excluding carboxylic acids is 1. The maximum atomic E-state index is 12.8. The van der Waals surface area contributed by atoms with Gasteiger partial charge in [-0.25, -0.2) is 0 Å². The molecule has 118 valence electrons. The lowest BCUT2D eigenvalue weighted by atomic mass is 10.1. The van der Waals surface area contributed by atoms with Crippen LogP contribution in [-0.2, 0) is 17.5 Å². The summed E-state index contributed by atoms with van der Waals surface area (Å²) >= 11 is 3.27. The second kappa shape index (κ2) is 6.12. The van der Waals surface area contributed by atoms with E-state index >= 15 is 0 Å². The van der Waals surface area contributed by atoms with Crippen LogP contribution < -0.4 is 5.32 Å². The molecule has 0 bridgehead atoms. The molecule has 8 heteroatoms. The number of alkyl halides is 3. The number of hydrogen-bond acceptors (Lipinski definition) is 2. The van der Waals surface area contributed by atoms with E-state index in [0.717, 1.165) is 16.2 Å². The summed E-state index contributed by atoms with van der Waals surface area (Å²) in [6.07, 6.45) is -2.90. The van der Waals surface area contributed by atoms with Crippen LogP contribution in [-0.4, -0.2) is 15.7 Å². The van der Waals surface area contributed by atoms with E-state index in [1.807, 2.05) is 0 Å². The quantitative estimate of drug-likeness (QED) is 0.883. The molecule has 22 heavy (non-hydrogen) atoms. The van der Waals surface area contributed by atoms with Crippen molar-refractivity contribution in [3.05, 3.63) is 45.7 Å². The predicted octanol–water partition coefficient (Wildman–Crippen LogP) is 3.92. The predicted molar refractivity (Wildman–Crippen MR) is 79.5 cm³/mol. The Bertz CT molecular complexity index is 710. The highest BCUT2D eigenvalue weighted by molar-refractivity contribution is 9.10. The van der Waals surface area contributed by atoms with Crippen LogP contribution in [0, 0.1) is 13.8 Å². The third-order valence-electron chi connectivity index (χ3n) is 3.16. The number of aryl methyl sites for hydroxylation is 1. The van der Waals surface area contributed by atoms with Gasteiger partial charge in [0, 0.05) is 5.69 Å². The van der Waals surface area contributed by atoms with Gasteiger partial charge >= 0.3 is 6.18 Å². The fraction of sp³-hybridized carbons (Fsp3) is 0.286. The molecule has 1 heterocycles. The van der Waals surface area contributed by atoms with Crippen LogP contribution in [0.15, 0.2) is 28.9 Å². The number of benzene rings is 1. The molecule has 1 aromatic heterocycles. The van der Waals surface area contributed by atoms with E-state index < -0.39 is 17.6 Å². The molecule has 2 aromatic rings. The first-order valence-corrected chi connectivity index (χ1v) is 7.13. The number of halogens is 4. The topological polar surface area (TPSA) is 46.9 Å². The third kappa shape index (κ3) is 3.68. The molecular weight excluding hydrogens is 363 g/mol. The maximum Gasteiger partial charge on any atom is 0.416 e. The number of carbonyl (C=O) groups is 1. The van der Waals surface area contributed by atoms with Gasteiger partial charge in [0.2, 0.25) is 5.91 Å². The Kier molecular flexibility index (Phi) is 4.60. The maximum absolute atomic E-state index is 12.8. The van der Waals surface area contributed by atoms with Gasteiger partial charge in [-0.2, -0.15) is 18.3 Å². The average Bonchev–Trinajstić information content (AvgIpc) is 2.71. The van der Waals surface area contributed by atoms with Crippen LogP contribution in [0.5, 0.6) is 0 Å². The van der Waals surface area contributed by atoms with Crippen molar-refractivity contribution in [3.8, 4) is 0 Å². The van der Waals surface area contributed by atoms with Gasteiger partial charge in [0.1, 0.15) is 6.54 Å². The van der Waals surface area contributed by atoms with Gasteiger partial charge in [0.15, 0.2) is 0 Å². The zero-order chi connectivity index (χ0) is 16.5. The van der Waals surface area contributed by atoms with Crippen molar-refractivity contribution in [1.82, 2.24) is 9.78 Å². The summed E-state index contributed by atoms with van der Waals surface area (Å²) in [5.74, 6) is -0.448. The largest absolute Gasteiger partial charge is 0.416 e. The first-order valence-electron chi connectivity index (χ1n) is 6.34. The van der Waals surface area contributed by atoms with Crippen molar-refractivity contribution >= 4 is 27.5 Å². The molecular formula is C14H13BrF3N3O. The Morgan fingerprint density at radius 3 is 2.59 bits per heavy atom. The lowest BCUT2D eigenvalue weighted by Gasteiger charge is -2.13. The molecule has 0 aliphatic heterocycles. The summed E-state index contributed by atoms with van der Waals surface area (Å²) in [7, 11) is 0. The van der Waals surface area contributed by atoms with E-state index in [0.29, 0.717) is 0 Å². The van der Waals surface area contributed by atoms with Gasteiger partial charge in [-0.1, -0.05) is 6.07 Å². The number of amides is 1. The highest BCUT2D eigenvalue weighted by Gasteiger charge is 2.32. The third-order valence-corrected chi connectivity index (χ3v) is 3.94. The molecule has 0 atom stereocenters. The van der Waals surface area contributed by atoms with Crippen molar-refractivity contribution in [2.24, 2.45) is 0 Å². The minimum Gasteiger partial charge on any atom is -0.324 e. The number of hydrogen-bond donors (Lipinski definition) is 1. The lowest BCUT2D eigenvalue weighted by Crippen LogP contribution is -2.20. The van der Waals surface area contributed by atoms with Gasteiger partial charge in [0.25, 0.3) is 0 Å². The molecule has 2 rings (SSSR count). The van der Waals surface area contributed by atoms with Crippen molar-refractivity contribution in [2.75, 3.05) is 5.32 Å². The Morgan fingerprint density at radius 2 is 2.05 bits per heavy atom. The van der Waals surface area contributed by atoms with Gasteiger partial charge in [-0.3, -0.25) is 9.48 Å². The van der Waals surface area contributed by atoms with Crippen LogP contribution in [0.25, 0.3) is 0 Å². The molecule has 1 N–H and O–H groups in total. The highest BCUT2D eigenvalue weighted by atomic mass is 79.9. The summed E-state index contributed by atoms with van der Waals surface area (Å²) in [5, 5.41) is 6.45. The molecule has 0 saturated heterocycles. The zero-order valence-corrected chi connectivity index (χ0v) is 13.4. The van der Waals surface area contributed by atoms with Crippen LogP contribution in [0.3, 0.4) is 0 Å². The normalized spacial score (nSPS) is 11.5. The van der Waals surface area contributed by atoms with E-state index in [9.17, 15) is 18.0 Å². The fourth-order valence-electron chi connectivity index (χ4n) is 1.92. The summed E-state index contributed by atoms with van der Waals surface area (Å²) in [4.78, 5) is 11.9. The standard InChI is InChI=1S/C14H13BrF3N3O/c1-8-3-4-10(5-11(8)14(16,17)18)20-13(22)7-21-9(2)12(15)6-19-21/h3-6H,7H2,1-2H3,(H,20,22). The van der Waals surface area contributed by atoms with E-state index in [2.05, 4.69) is 26.3 Å². The van der Waals surface area contributed by atoms with Gasteiger partial charge in [-0.15, -0.1) is 0 Å². The fourth-order valence-corrected chi connectivity index (χ4v) is 2.22. The van der Waals surface area contributed by atoms with E-state index in [-0.39, 0.29) is 17.8 Å². The lowest BCUT2D eigenvalue weighted by molar-refractivity contribution is -0.138. The number of anilines is 1. The molecule has 0 aliphatic rings. The average molecular weight is 376 g/mol. The monoisotopic (exact) mass is 375 g/mol. The molecule has 0 fully saturated rings. The minimum atomic E-state index is -4.45. The van der Waals surface area contributed by atoms with Crippen LogP contribution in [0.4, 0.5) is 18.9 Å². The Balaban J connectivity index is 2.14. The van der Waals surface area contributed by atoms with Crippen LogP contribution in [0.2, 0.25) is 0 Å². The van der Waals surface area contributed by atoms with Crippen LogP contribution >= 0.6 is 15.9 Å². The van der Waals surface area contributed by atoms with Gasteiger partial charge in [-0.05, 0) is 47.5 Å². The van der Waals surface area contributed by atoms with Crippen molar-refractivity contribution in [2.45, 2.75) is 26.6 Å². The van der Waals surface area contributed by atoms with Crippen LogP contribution in [0.1, 0.15) is 16.8 Å². The van der Waals surface area contributed by atoms with Crippen molar-refractivity contribution < 1.29 is 18.0 Å². The Labute approximate surface area is 133 Å². The van der Waals surface area contributed by atoms with Gasteiger partial charge < -0.3 is 5.32 Å². The molecule has 0 spiro atoms. The first-order chi connectivity index (χ1) is 10.2. The first kappa shape index (κ1) is 16.5. The molecule has 0 radical (unpaired) electrons. The molecule has 0 aliphatic carbocycles. The van der Waals surface area contributed by atoms with E-state index in [4.69, 9.17) is 0 Å². The summed E-state index contributed by atoms with van der Waals surface area (Å²) in [5.41, 5.74) is 0.211. The van der Waals surface area contributed by atoms with Gasteiger partial charge in [0.05, 0.1) is 21.9 Å². The minimum absolute atomic E-state index is 0.0767. The summed E-state index contributed by atoms with van der Waals surface area (Å²) in [6, 6.07) is 3.70. The van der Waals surface area contributed by atoms with E-state index in [1.54, 1.807) is 13.1 Å². The smallest absolute Gasteiger partial charge is 0.324 e. The number of aromatic nitrogens is 2. The zero-order valence-electron chi connectivity index (χ0n) is 11.8. The SMILES string of the molecule is Cc1ccc(NC(=O)Cn2ncc(Br)c2C)cc1C(F)(F)F. The van der Waals surface area contributed by atoms with Crippen molar-refractivity contribution in [3.63, 3.8) is 0 Å². The Morgan fingerprint density at radius 1 is 1.36 bits per heavy atom. The number of nitrogens with one attached hydrogen (secondary N) is 1. The second-order valence-electron chi connectivity index (χ2n) is 4.81. The summed E-state index contributed by atoms with van der Waals surface area (Å²) < 4.78 is 40.7.